The van der Waals surface area contributed by atoms with Gasteiger partial charge >= 0.3 is 0 Å². The molecule has 0 radical (unpaired) electrons. The van der Waals surface area contributed by atoms with Crippen LogP contribution in [0.3, 0.4) is 0 Å². The Morgan fingerprint density at radius 1 is 0.833 bits per heavy atom. The number of phenols is 1. The molecule has 0 amide bonds. The Kier molecular flexibility index (Phi) is 8.67. The number of hydrogen-bond donors (Lipinski definition) is 3. The van der Waals surface area contributed by atoms with E-state index in [-0.39, 0.29) is 32.8 Å². The first-order valence-corrected chi connectivity index (χ1v) is 16.8. The summed E-state index contributed by atoms with van der Waals surface area (Å²) in [5.41, 5.74) is 12.2. The molecule has 0 spiro atoms. The third-order valence-corrected chi connectivity index (χ3v) is 9.95. The number of aryl methyl sites for hydroxylation is 3. The van der Waals surface area contributed by atoms with Crippen LogP contribution >= 0.6 is 0 Å². The monoisotopic (exact) mass is 609 g/mol. The Balaban J connectivity index is 1.71. The van der Waals surface area contributed by atoms with Gasteiger partial charge in [0.05, 0.1) is 15.8 Å². The quantitative estimate of drug-likeness (QED) is 0.218. The predicted molar refractivity (Wildman–Crippen MR) is 164 cm³/mol. The summed E-state index contributed by atoms with van der Waals surface area (Å²) in [5.74, 6) is -0.227. The molecule has 0 aromatic heterocycles. The highest BCUT2D eigenvalue weighted by molar-refractivity contribution is 7.91. The maximum absolute atomic E-state index is 12.5. The van der Waals surface area contributed by atoms with Crippen molar-refractivity contribution in [2.45, 2.75) is 62.8 Å². The van der Waals surface area contributed by atoms with E-state index >= 15 is 0 Å². The molecule has 222 valence electrons. The number of rotatable bonds is 9. The summed E-state index contributed by atoms with van der Waals surface area (Å²) in [6, 6.07) is 15.6. The van der Waals surface area contributed by atoms with E-state index in [1.165, 1.54) is 6.92 Å². The van der Waals surface area contributed by atoms with Crippen LogP contribution < -0.4 is 5.73 Å². The van der Waals surface area contributed by atoms with Crippen molar-refractivity contribution < 1.29 is 31.3 Å². The number of benzene rings is 4. The number of nitrogens with two attached hydrogens (primary N) is 1. The molecule has 1 atom stereocenters. The number of sulfone groups is 1. The molecule has 0 heterocycles. The minimum atomic E-state index is -4.75. The zero-order valence-corrected chi connectivity index (χ0v) is 25.9. The number of fused-ring (bicyclic) bond motifs is 1. The van der Waals surface area contributed by atoms with Crippen LogP contribution in [-0.2, 0) is 37.6 Å². The minimum absolute atomic E-state index is 0.0161. The van der Waals surface area contributed by atoms with E-state index in [1.54, 1.807) is 12.1 Å². The van der Waals surface area contributed by atoms with Crippen LogP contribution in [0.4, 0.5) is 0 Å². The third-order valence-electron chi connectivity index (χ3n) is 7.83. The van der Waals surface area contributed by atoms with Crippen molar-refractivity contribution in [3.05, 3.63) is 88.0 Å². The normalized spacial score (nSPS) is 12.9. The molecular formula is C32H35NO7S2. The maximum Gasteiger partial charge on any atom is 0.294 e. The third kappa shape index (κ3) is 6.27. The van der Waals surface area contributed by atoms with E-state index in [0.29, 0.717) is 24.8 Å². The average Bonchev–Trinajstić information content (AvgIpc) is 2.90. The molecule has 10 heteroatoms. The van der Waals surface area contributed by atoms with Crippen molar-refractivity contribution in [3.63, 3.8) is 0 Å². The van der Waals surface area contributed by atoms with Gasteiger partial charge in [-0.2, -0.15) is 8.42 Å². The Bertz CT molecular complexity index is 1950. The van der Waals surface area contributed by atoms with Crippen LogP contribution in [0.25, 0.3) is 21.9 Å². The van der Waals surface area contributed by atoms with E-state index in [1.807, 2.05) is 57.2 Å². The topological polar surface area (TPSA) is 152 Å². The van der Waals surface area contributed by atoms with E-state index < -0.39 is 30.9 Å². The number of aromatic hydroxyl groups is 1. The molecular weight excluding hydrogens is 574 g/mol. The fraction of sp³-hybridized carbons (Fsp3) is 0.281. The van der Waals surface area contributed by atoms with Crippen molar-refractivity contribution in [1.29, 1.82) is 0 Å². The second-order valence-electron chi connectivity index (χ2n) is 10.9. The van der Waals surface area contributed by atoms with Gasteiger partial charge in [0.15, 0.2) is 15.6 Å². The summed E-state index contributed by atoms with van der Waals surface area (Å²) >= 11 is 0. The first kappa shape index (κ1) is 31.4. The van der Waals surface area contributed by atoms with Gasteiger partial charge in [0.25, 0.3) is 10.1 Å². The largest absolute Gasteiger partial charge is 0.507 e. The molecule has 0 fully saturated rings. The SMILES string of the molecule is CCC(N)C(=O)Cc1ccc(-c2ccc(Cc3ccc4c(S(C)(=O)=O)cc(S(=O)(=O)O)c(C)c4c3O)c(C)c2)cc1C. The lowest BCUT2D eigenvalue weighted by Gasteiger charge is -2.16. The Labute approximate surface area is 246 Å². The second kappa shape index (κ2) is 11.6. The fourth-order valence-electron chi connectivity index (χ4n) is 5.26. The molecule has 0 aliphatic rings. The van der Waals surface area contributed by atoms with E-state index in [2.05, 4.69) is 0 Å². The molecule has 1 unspecified atom stereocenters. The Hall–Kier alpha value is -3.57. The number of carbonyl (C=O) groups is 1. The van der Waals surface area contributed by atoms with Crippen molar-refractivity contribution in [2.24, 2.45) is 5.73 Å². The molecule has 0 bridgehead atoms. The standard InChI is InChI=1S/C32H35NO7S2/c1-6-27(33)28(34)16-22-8-10-24(14-19(22)3)23-9-7-21(18(2)13-23)15-25-11-12-26-30(41(5,36)37)17-29(42(38,39)40)20(4)31(26)32(25)35/h7-14,17,27,35H,6,15-16,33H2,1-5H3,(H,38,39,40). The van der Waals surface area contributed by atoms with Gasteiger partial charge in [-0.05, 0) is 77.8 Å². The maximum atomic E-state index is 12.5. The Morgan fingerprint density at radius 3 is 1.88 bits per heavy atom. The molecule has 0 saturated carbocycles. The van der Waals surface area contributed by atoms with Crippen molar-refractivity contribution >= 4 is 36.5 Å². The lowest BCUT2D eigenvalue weighted by molar-refractivity contribution is -0.119. The Morgan fingerprint density at radius 2 is 1.38 bits per heavy atom. The number of carbonyl (C=O) groups excluding carboxylic acids is 1. The fourth-order valence-corrected chi connectivity index (χ4v) is 7.00. The van der Waals surface area contributed by atoms with Gasteiger partial charge in [0, 0.05) is 29.9 Å². The van der Waals surface area contributed by atoms with Crippen molar-refractivity contribution in [3.8, 4) is 16.9 Å². The van der Waals surface area contributed by atoms with E-state index in [0.717, 1.165) is 45.7 Å². The highest BCUT2D eigenvalue weighted by Crippen LogP contribution is 2.39. The number of Topliss-reactive ketones (excluding diaryl/α,β-unsaturated/α-hetero) is 1. The zero-order chi connectivity index (χ0) is 31.1. The molecule has 0 aliphatic carbocycles. The number of hydrogen-bond acceptors (Lipinski definition) is 7. The van der Waals surface area contributed by atoms with Crippen LogP contribution in [0.15, 0.2) is 64.4 Å². The van der Waals surface area contributed by atoms with Crippen LogP contribution in [-0.4, -0.2) is 44.6 Å². The van der Waals surface area contributed by atoms with Gasteiger partial charge in [-0.1, -0.05) is 55.5 Å². The molecule has 4 aromatic carbocycles. The zero-order valence-electron chi connectivity index (χ0n) is 24.2. The summed E-state index contributed by atoms with van der Waals surface area (Å²) in [6.45, 7) is 7.23. The summed E-state index contributed by atoms with van der Waals surface area (Å²) in [4.78, 5) is 11.4. The second-order valence-corrected chi connectivity index (χ2v) is 14.2. The summed E-state index contributed by atoms with van der Waals surface area (Å²) in [7, 11) is -8.63. The van der Waals surface area contributed by atoms with Gasteiger partial charge in [-0.3, -0.25) is 9.35 Å². The highest BCUT2D eigenvalue weighted by Gasteiger charge is 2.25. The van der Waals surface area contributed by atoms with Crippen LogP contribution in [0.5, 0.6) is 5.75 Å². The minimum Gasteiger partial charge on any atom is -0.507 e. The number of phenolic OH excluding ortho intramolecular Hbond substituents is 1. The molecule has 4 aromatic rings. The first-order valence-electron chi connectivity index (χ1n) is 13.5. The molecule has 0 saturated heterocycles. The van der Waals surface area contributed by atoms with Crippen LogP contribution in [0.1, 0.15) is 46.7 Å². The van der Waals surface area contributed by atoms with Gasteiger partial charge in [-0.25, -0.2) is 8.42 Å². The molecule has 0 aliphatic heterocycles. The lowest BCUT2D eigenvalue weighted by atomic mass is 9.92. The molecule has 8 nitrogen and oxygen atoms in total. The van der Waals surface area contributed by atoms with Crippen molar-refractivity contribution in [1.82, 2.24) is 0 Å². The van der Waals surface area contributed by atoms with Gasteiger partial charge in [0.2, 0.25) is 0 Å². The van der Waals surface area contributed by atoms with Crippen LogP contribution in [0.2, 0.25) is 0 Å². The molecule has 4 N–H and O–H groups in total. The molecule has 4 rings (SSSR count). The van der Waals surface area contributed by atoms with Gasteiger partial charge < -0.3 is 10.8 Å². The lowest BCUT2D eigenvalue weighted by Crippen LogP contribution is -2.31. The smallest absolute Gasteiger partial charge is 0.294 e. The van der Waals surface area contributed by atoms with Gasteiger partial charge in [-0.15, -0.1) is 0 Å². The van der Waals surface area contributed by atoms with E-state index in [9.17, 15) is 31.3 Å². The summed E-state index contributed by atoms with van der Waals surface area (Å²) in [5, 5.41) is 11.5. The predicted octanol–water partition coefficient (Wildman–Crippen LogP) is 5.23. The highest BCUT2D eigenvalue weighted by atomic mass is 32.2. The van der Waals surface area contributed by atoms with Gasteiger partial charge in [0.1, 0.15) is 5.75 Å². The van der Waals surface area contributed by atoms with Crippen molar-refractivity contribution in [2.75, 3.05) is 6.26 Å². The van der Waals surface area contributed by atoms with Crippen LogP contribution in [0, 0.1) is 20.8 Å². The molecule has 42 heavy (non-hydrogen) atoms. The first-order chi connectivity index (χ1) is 19.5. The summed E-state index contributed by atoms with van der Waals surface area (Å²) < 4.78 is 58.8. The average molecular weight is 610 g/mol. The summed E-state index contributed by atoms with van der Waals surface area (Å²) in [6.07, 6.45) is 2.14. The van der Waals surface area contributed by atoms with E-state index in [4.69, 9.17) is 5.73 Å². The number of ketones is 1.